The molecular weight excluding hydrogens is 256 g/mol. The molecule has 2 aromatic rings. The number of carbonyl (C=O) groups excluding carboxylic acids is 1. The second-order valence-corrected chi connectivity index (χ2v) is 3.87. The van der Waals surface area contributed by atoms with E-state index in [4.69, 9.17) is 0 Å². The lowest BCUT2D eigenvalue weighted by molar-refractivity contribution is 0.102. The third-order valence-corrected chi connectivity index (χ3v) is 2.66. The molecule has 0 aliphatic carbocycles. The van der Waals surface area contributed by atoms with Crippen molar-refractivity contribution in [2.75, 3.05) is 5.32 Å². The third kappa shape index (κ3) is 2.27. The minimum atomic E-state index is -0.146. The van der Waals surface area contributed by atoms with Gasteiger partial charge in [-0.25, -0.2) is 0 Å². The summed E-state index contributed by atoms with van der Waals surface area (Å²) in [7, 11) is 0. The van der Waals surface area contributed by atoms with E-state index in [1.165, 1.54) is 0 Å². The molecule has 3 nitrogen and oxygen atoms in total. The maximum Gasteiger partial charge on any atom is 0.272 e. The highest BCUT2D eigenvalue weighted by atomic mass is 79.9. The van der Waals surface area contributed by atoms with E-state index in [1.54, 1.807) is 18.3 Å². The SMILES string of the molecule is O=C(Nc1ccccc1Br)c1ccc[nH]1. The molecule has 1 heterocycles. The second-order valence-electron chi connectivity index (χ2n) is 3.02. The van der Waals surface area contributed by atoms with E-state index in [1.807, 2.05) is 24.3 Å². The summed E-state index contributed by atoms with van der Waals surface area (Å²) in [6.07, 6.45) is 1.72. The van der Waals surface area contributed by atoms with E-state index in [2.05, 4.69) is 26.2 Å². The van der Waals surface area contributed by atoms with E-state index in [0.717, 1.165) is 10.2 Å². The van der Waals surface area contributed by atoms with Crippen LogP contribution in [0.1, 0.15) is 10.5 Å². The summed E-state index contributed by atoms with van der Waals surface area (Å²) in [6.45, 7) is 0. The second kappa shape index (κ2) is 4.31. The van der Waals surface area contributed by atoms with Crippen LogP contribution >= 0.6 is 15.9 Å². The number of nitrogens with one attached hydrogen (secondary N) is 2. The van der Waals surface area contributed by atoms with Gasteiger partial charge in [0.2, 0.25) is 0 Å². The molecule has 0 saturated heterocycles. The number of hydrogen-bond donors (Lipinski definition) is 2. The van der Waals surface area contributed by atoms with Crippen molar-refractivity contribution in [3.63, 3.8) is 0 Å². The van der Waals surface area contributed by atoms with Gasteiger partial charge in [-0.2, -0.15) is 0 Å². The van der Waals surface area contributed by atoms with Gasteiger partial charge < -0.3 is 10.3 Å². The van der Waals surface area contributed by atoms with Gasteiger partial charge in [0.05, 0.1) is 5.69 Å². The molecular formula is C11H9BrN2O. The molecule has 4 heteroatoms. The Morgan fingerprint density at radius 3 is 2.67 bits per heavy atom. The fourth-order valence-corrected chi connectivity index (χ4v) is 1.61. The number of amides is 1. The van der Waals surface area contributed by atoms with E-state index >= 15 is 0 Å². The van der Waals surface area contributed by atoms with Crippen molar-refractivity contribution < 1.29 is 4.79 Å². The Morgan fingerprint density at radius 1 is 1.20 bits per heavy atom. The number of para-hydroxylation sites is 1. The monoisotopic (exact) mass is 264 g/mol. The van der Waals surface area contributed by atoms with Crippen molar-refractivity contribution >= 4 is 27.5 Å². The molecule has 0 aliphatic heterocycles. The molecule has 0 saturated carbocycles. The average molecular weight is 265 g/mol. The van der Waals surface area contributed by atoms with E-state index in [0.29, 0.717) is 5.69 Å². The number of H-pyrrole nitrogens is 1. The van der Waals surface area contributed by atoms with Gasteiger partial charge in [-0.1, -0.05) is 12.1 Å². The summed E-state index contributed by atoms with van der Waals surface area (Å²) >= 11 is 3.36. The molecule has 76 valence electrons. The summed E-state index contributed by atoms with van der Waals surface area (Å²) < 4.78 is 0.866. The van der Waals surface area contributed by atoms with Gasteiger partial charge in [0.25, 0.3) is 5.91 Å². The first-order valence-electron chi connectivity index (χ1n) is 4.46. The Hall–Kier alpha value is -1.55. The Morgan fingerprint density at radius 2 is 2.00 bits per heavy atom. The Kier molecular flexibility index (Phi) is 2.87. The number of anilines is 1. The first kappa shape index (κ1) is 9.98. The maximum absolute atomic E-state index is 11.7. The summed E-state index contributed by atoms with van der Waals surface area (Å²) in [5.41, 5.74) is 1.31. The van der Waals surface area contributed by atoms with Gasteiger partial charge >= 0.3 is 0 Å². The van der Waals surface area contributed by atoms with Gasteiger partial charge in [-0.05, 0) is 40.2 Å². The fourth-order valence-electron chi connectivity index (χ4n) is 1.22. The predicted molar refractivity (Wildman–Crippen MR) is 62.9 cm³/mol. The van der Waals surface area contributed by atoms with Crippen LogP contribution in [-0.2, 0) is 0 Å². The van der Waals surface area contributed by atoms with Crippen molar-refractivity contribution in [1.29, 1.82) is 0 Å². The van der Waals surface area contributed by atoms with Gasteiger partial charge in [-0.15, -0.1) is 0 Å². The molecule has 0 radical (unpaired) electrons. The molecule has 0 bridgehead atoms. The molecule has 0 aliphatic rings. The molecule has 1 aromatic carbocycles. The van der Waals surface area contributed by atoms with Crippen molar-refractivity contribution in [2.45, 2.75) is 0 Å². The third-order valence-electron chi connectivity index (χ3n) is 1.96. The minimum absolute atomic E-state index is 0.146. The average Bonchev–Trinajstić information content (AvgIpc) is 2.74. The van der Waals surface area contributed by atoms with Crippen LogP contribution in [0.5, 0.6) is 0 Å². The molecule has 15 heavy (non-hydrogen) atoms. The van der Waals surface area contributed by atoms with Crippen LogP contribution in [-0.4, -0.2) is 10.9 Å². The molecule has 2 N–H and O–H groups in total. The number of halogens is 1. The highest BCUT2D eigenvalue weighted by Crippen LogP contribution is 2.21. The number of aromatic nitrogens is 1. The van der Waals surface area contributed by atoms with Gasteiger partial charge in [0.1, 0.15) is 5.69 Å². The zero-order chi connectivity index (χ0) is 10.7. The van der Waals surface area contributed by atoms with Gasteiger partial charge in [0, 0.05) is 10.7 Å². The van der Waals surface area contributed by atoms with Crippen molar-refractivity contribution in [1.82, 2.24) is 4.98 Å². The summed E-state index contributed by atoms with van der Waals surface area (Å²) in [4.78, 5) is 14.5. The minimum Gasteiger partial charge on any atom is -0.357 e. The molecule has 2 rings (SSSR count). The first-order valence-corrected chi connectivity index (χ1v) is 5.26. The normalized spacial score (nSPS) is 9.93. The van der Waals surface area contributed by atoms with E-state index < -0.39 is 0 Å². The number of aromatic amines is 1. The lowest BCUT2D eigenvalue weighted by atomic mass is 10.3. The van der Waals surface area contributed by atoms with Crippen molar-refractivity contribution in [3.05, 3.63) is 52.8 Å². The van der Waals surface area contributed by atoms with Gasteiger partial charge in [0.15, 0.2) is 0 Å². The van der Waals surface area contributed by atoms with Crippen LogP contribution in [0.25, 0.3) is 0 Å². The number of rotatable bonds is 2. The van der Waals surface area contributed by atoms with Gasteiger partial charge in [-0.3, -0.25) is 4.79 Å². The molecule has 1 aromatic heterocycles. The molecule has 0 unspecified atom stereocenters. The fraction of sp³-hybridized carbons (Fsp3) is 0. The maximum atomic E-state index is 11.7. The van der Waals surface area contributed by atoms with Crippen LogP contribution in [0.2, 0.25) is 0 Å². The van der Waals surface area contributed by atoms with Crippen molar-refractivity contribution in [2.24, 2.45) is 0 Å². The Bertz CT molecular complexity index is 465. The van der Waals surface area contributed by atoms with Crippen LogP contribution in [0.3, 0.4) is 0 Å². The zero-order valence-corrected chi connectivity index (χ0v) is 9.41. The highest BCUT2D eigenvalue weighted by molar-refractivity contribution is 9.10. The van der Waals surface area contributed by atoms with E-state index in [9.17, 15) is 4.79 Å². The van der Waals surface area contributed by atoms with Crippen molar-refractivity contribution in [3.8, 4) is 0 Å². The van der Waals surface area contributed by atoms with Crippen LogP contribution in [0.15, 0.2) is 47.1 Å². The van der Waals surface area contributed by atoms with Crippen LogP contribution in [0, 0.1) is 0 Å². The molecule has 1 amide bonds. The summed E-state index contributed by atoms with van der Waals surface area (Å²) in [5.74, 6) is -0.146. The standard InChI is InChI=1S/C11H9BrN2O/c12-8-4-1-2-5-9(8)14-11(15)10-6-3-7-13-10/h1-7,13H,(H,14,15). The number of benzene rings is 1. The van der Waals surface area contributed by atoms with E-state index in [-0.39, 0.29) is 5.91 Å². The molecule has 0 atom stereocenters. The topological polar surface area (TPSA) is 44.9 Å². The number of hydrogen-bond acceptors (Lipinski definition) is 1. The lowest BCUT2D eigenvalue weighted by Crippen LogP contribution is -2.12. The first-order chi connectivity index (χ1) is 7.27. The highest BCUT2D eigenvalue weighted by Gasteiger charge is 2.07. The Labute approximate surface area is 95.6 Å². The zero-order valence-electron chi connectivity index (χ0n) is 7.83. The summed E-state index contributed by atoms with van der Waals surface area (Å²) in [5, 5.41) is 2.80. The smallest absolute Gasteiger partial charge is 0.272 e. The lowest BCUT2D eigenvalue weighted by Gasteiger charge is -2.05. The largest absolute Gasteiger partial charge is 0.357 e. The molecule has 0 fully saturated rings. The molecule has 0 spiro atoms. The summed E-state index contributed by atoms with van der Waals surface area (Å²) in [6, 6.07) is 11.0. The van der Waals surface area contributed by atoms with Crippen LogP contribution < -0.4 is 5.32 Å². The quantitative estimate of drug-likeness (QED) is 0.861. The predicted octanol–water partition coefficient (Wildman–Crippen LogP) is 3.03. The Balaban J connectivity index is 2.17. The number of carbonyl (C=O) groups is 1. The van der Waals surface area contributed by atoms with Crippen LogP contribution in [0.4, 0.5) is 5.69 Å².